The van der Waals surface area contributed by atoms with E-state index in [1.165, 1.54) is 19.1 Å². The Morgan fingerprint density at radius 3 is 2.45 bits per heavy atom. The molecule has 2 N–H and O–H groups in total. The predicted molar refractivity (Wildman–Crippen MR) is 109 cm³/mol. The number of carbonyl (C=O) groups excluding carboxylic acids is 2. The molecule has 0 unspecified atom stereocenters. The van der Waals surface area contributed by atoms with Crippen LogP contribution in [-0.2, 0) is 20.9 Å². The maximum Gasteiger partial charge on any atom is 0.418 e. The Bertz CT molecular complexity index is 1320. The molecule has 0 radical (unpaired) electrons. The second-order valence-electron chi connectivity index (χ2n) is 6.63. The van der Waals surface area contributed by atoms with Crippen molar-refractivity contribution in [2.24, 2.45) is 0 Å². The van der Waals surface area contributed by atoms with E-state index in [1.54, 1.807) is 0 Å². The highest BCUT2D eigenvalue weighted by molar-refractivity contribution is 7.92. The van der Waals surface area contributed by atoms with E-state index in [1.807, 2.05) is 4.72 Å². The van der Waals surface area contributed by atoms with Crippen molar-refractivity contribution >= 4 is 33.3 Å². The fraction of sp³-hybridized carbons (Fsp3) is 0.150. The van der Waals surface area contributed by atoms with Crippen molar-refractivity contribution in [3.63, 3.8) is 0 Å². The van der Waals surface area contributed by atoms with Crippen molar-refractivity contribution in [3.8, 4) is 0 Å². The number of benzene rings is 2. The standard InChI is InChI=1S/C20H16F3N3O6S/c1-11-15(10-24-32-11)18(27)25-13-6-7-17(16(9-13)20(21,22)23)26-33(29,30)14-5-3-4-12(8-14)19(28)31-2/h3-10,26H,1-2H3,(H,25,27). The molecule has 9 nitrogen and oxygen atoms in total. The highest BCUT2D eigenvalue weighted by atomic mass is 32.2. The first kappa shape index (κ1) is 23.8. The van der Waals surface area contributed by atoms with E-state index >= 15 is 0 Å². The molecule has 0 aliphatic carbocycles. The number of rotatable bonds is 6. The van der Waals surface area contributed by atoms with Crippen molar-refractivity contribution in [3.05, 3.63) is 71.1 Å². The number of hydrogen-bond acceptors (Lipinski definition) is 7. The molecular weight excluding hydrogens is 467 g/mol. The van der Waals surface area contributed by atoms with Gasteiger partial charge in [-0.05, 0) is 43.3 Å². The normalized spacial score (nSPS) is 11.7. The van der Waals surface area contributed by atoms with Gasteiger partial charge in [-0.25, -0.2) is 13.2 Å². The quantitative estimate of drug-likeness (QED) is 0.510. The van der Waals surface area contributed by atoms with Gasteiger partial charge in [0.15, 0.2) is 0 Å². The summed E-state index contributed by atoms with van der Waals surface area (Å²) in [6, 6.07) is 7.16. The number of halogens is 3. The largest absolute Gasteiger partial charge is 0.465 e. The Morgan fingerprint density at radius 2 is 1.85 bits per heavy atom. The fourth-order valence-corrected chi connectivity index (χ4v) is 3.90. The summed E-state index contributed by atoms with van der Waals surface area (Å²) in [5.74, 6) is -1.40. The maximum absolute atomic E-state index is 13.7. The first-order chi connectivity index (χ1) is 15.4. The minimum absolute atomic E-state index is 0.0267. The third-order valence-electron chi connectivity index (χ3n) is 4.39. The summed E-state index contributed by atoms with van der Waals surface area (Å²) in [6.07, 6.45) is -3.85. The molecule has 0 aliphatic heterocycles. The molecule has 3 rings (SSSR count). The summed E-state index contributed by atoms with van der Waals surface area (Å²) in [5, 5.41) is 5.70. The second-order valence-corrected chi connectivity index (χ2v) is 8.32. The van der Waals surface area contributed by atoms with E-state index in [0.29, 0.717) is 6.07 Å². The Balaban J connectivity index is 1.94. The average Bonchev–Trinajstić information content (AvgIpc) is 3.19. The summed E-state index contributed by atoms with van der Waals surface area (Å²) in [5.41, 5.74) is -2.42. The van der Waals surface area contributed by atoms with Gasteiger partial charge in [0.25, 0.3) is 15.9 Å². The van der Waals surface area contributed by atoms with Gasteiger partial charge in [-0.15, -0.1) is 0 Å². The average molecular weight is 483 g/mol. The second kappa shape index (κ2) is 8.94. The lowest BCUT2D eigenvalue weighted by Crippen LogP contribution is -2.19. The predicted octanol–water partition coefficient (Wildman–Crippen LogP) is 3.84. The molecule has 1 heterocycles. The van der Waals surface area contributed by atoms with Gasteiger partial charge in [-0.1, -0.05) is 11.2 Å². The summed E-state index contributed by atoms with van der Waals surface area (Å²) in [4.78, 5) is 23.4. The Morgan fingerprint density at radius 1 is 1.12 bits per heavy atom. The van der Waals surface area contributed by atoms with Crippen LogP contribution >= 0.6 is 0 Å². The van der Waals surface area contributed by atoms with Gasteiger partial charge in [0.2, 0.25) is 0 Å². The van der Waals surface area contributed by atoms with Crippen LogP contribution in [0.15, 0.2) is 58.1 Å². The lowest BCUT2D eigenvalue weighted by atomic mass is 10.1. The van der Waals surface area contributed by atoms with Crippen LogP contribution < -0.4 is 10.0 Å². The topological polar surface area (TPSA) is 128 Å². The molecule has 33 heavy (non-hydrogen) atoms. The highest BCUT2D eigenvalue weighted by Crippen LogP contribution is 2.37. The van der Waals surface area contributed by atoms with Gasteiger partial charge in [0, 0.05) is 5.69 Å². The number of alkyl halides is 3. The summed E-state index contributed by atoms with van der Waals surface area (Å²) in [6.45, 7) is 1.45. The van der Waals surface area contributed by atoms with E-state index in [-0.39, 0.29) is 22.6 Å². The van der Waals surface area contributed by atoms with Crippen molar-refractivity contribution in [1.29, 1.82) is 0 Å². The molecule has 0 saturated carbocycles. The zero-order chi connectivity index (χ0) is 24.4. The Labute approximate surface area is 185 Å². The van der Waals surface area contributed by atoms with Gasteiger partial charge < -0.3 is 14.6 Å². The monoisotopic (exact) mass is 483 g/mol. The SMILES string of the molecule is COC(=O)c1cccc(S(=O)(=O)Nc2ccc(NC(=O)c3cnoc3C)cc2C(F)(F)F)c1. The molecule has 1 amide bonds. The number of anilines is 2. The minimum Gasteiger partial charge on any atom is -0.465 e. The third kappa shape index (κ3) is 5.31. The van der Waals surface area contributed by atoms with Crippen molar-refractivity contribution in [2.75, 3.05) is 17.1 Å². The van der Waals surface area contributed by atoms with Gasteiger partial charge in [0.1, 0.15) is 11.3 Å². The van der Waals surface area contributed by atoms with Crippen LogP contribution in [0.4, 0.5) is 24.5 Å². The molecule has 0 saturated heterocycles. The number of hydrogen-bond donors (Lipinski definition) is 2. The van der Waals surface area contributed by atoms with E-state index < -0.39 is 44.2 Å². The first-order valence-electron chi connectivity index (χ1n) is 9.07. The number of esters is 1. The molecule has 0 bridgehead atoms. The van der Waals surface area contributed by atoms with Crippen LogP contribution in [0.3, 0.4) is 0 Å². The lowest BCUT2D eigenvalue weighted by molar-refractivity contribution is -0.136. The maximum atomic E-state index is 13.7. The summed E-state index contributed by atoms with van der Waals surface area (Å²) in [7, 11) is -3.40. The summed E-state index contributed by atoms with van der Waals surface area (Å²) >= 11 is 0. The smallest absolute Gasteiger partial charge is 0.418 e. The van der Waals surface area contributed by atoms with E-state index in [9.17, 15) is 31.2 Å². The first-order valence-corrected chi connectivity index (χ1v) is 10.6. The number of aromatic nitrogens is 1. The van der Waals surface area contributed by atoms with E-state index in [2.05, 4.69) is 15.2 Å². The molecule has 1 aromatic heterocycles. The van der Waals surface area contributed by atoms with Crippen molar-refractivity contribution < 1.29 is 40.4 Å². The van der Waals surface area contributed by atoms with Crippen LogP contribution in [0.25, 0.3) is 0 Å². The van der Waals surface area contributed by atoms with E-state index in [4.69, 9.17) is 4.52 Å². The number of nitrogens with one attached hydrogen (secondary N) is 2. The highest BCUT2D eigenvalue weighted by Gasteiger charge is 2.35. The van der Waals surface area contributed by atoms with Crippen LogP contribution in [-0.4, -0.2) is 32.6 Å². The van der Waals surface area contributed by atoms with Gasteiger partial charge in [-0.3, -0.25) is 9.52 Å². The third-order valence-corrected chi connectivity index (χ3v) is 5.75. The fourth-order valence-electron chi connectivity index (χ4n) is 2.77. The van der Waals surface area contributed by atoms with Crippen LogP contribution in [0.1, 0.15) is 32.0 Å². The zero-order valence-electron chi connectivity index (χ0n) is 17.1. The van der Waals surface area contributed by atoms with Gasteiger partial charge >= 0.3 is 12.1 Å². The molecular formula is C20H16F3N3O6S. The minimum atomic E-state index is -4.96. The molecule has 174 valence electrons. The molecule has 3 aromatic rings. The number of nitrogens with zero attached hydrogens (tertiary/aromatic N) is 1. The van der Waals surface area contributed by atoms with Crippen LogP contribution in [0.5, 0.6) is 0 Å². The molecule has 0 spiro atoms. The Hall–Kier alpha value is -3.87. The van der Waals surface area contributed by atoms with Gasteiger partial charge in [-0.2, -0.15) is 13.2 Å². The van der Waals surface area contributed by atoms with Crippen molar-refractivity contribution in [1.82, 2.24) is 5.16 Å². The van der Waals surface area contributed by atoms with Gasteiger partial charge in [0.05, 0.1) is 35.0 Å². The van der Waals surface area contributed by atoms with Crippen LogP contribution in [0, 0.1) is 6.92 Å². The summed E-state index contributed by atoms with van der Waals surface area (Å²) < 4.78 is 77.5. The molecule has 0 fully saturated rings. The number of aryl methyl sites for hydroxylation is 1. The van der Waals surface area contributed by atoms with Crippen LogP contribution in [0.2, 0.25) is 0 Å². The number of ether oxygens (including phenoxy) is 1. The number of methoxy groups -OCH3 is 1. The number of carbonyl (C=O) groups is 2. The Kier molecular flexibility index (Phi) is 6.44. The lowest BCUT2D eigenvalue weighted by Gasteiger charge is -2.17. The zero-order valence-corrected chi connectivity index (χ0v) is 17.9. The molecule has 0 aliphatic rings. The molecule has 2 aromatic carbocycles. The number of sulfonamides is 1. The van der Waals surface area contributed by atoms with E-state index in [0.717, 1.165) is 37.6 Å². The van der Waals surface area contributed by atoms with Crippen molar-refractivity contribution in [2.45, 2.75) is 18.0 Å². The molecule has 13 heteroatoms. The molecule has 0 atom stereocenters. The number of amides is 1.